The summed E-state index contributed by atoms with van der Waals surface area (Å²) >= 11 is 3.46. The van der Waals surface area contributed by atoms with E-state index in [0.29, 0.717) is 41.4 Å². The van der Waals surface area contributed by atoms with E-state index in [-0.39, 0.29) is 6.01 Å². The Bertz CT molecular complexity index is 803. The molecule has 2 rings (SSSR count). The van der Waals surface area contributed by atoms with Gasteiger partial charge in [-0.25, -0.2) is 9.78 Å². The zero-order valence-corrected chi connectivity index (χ0v) is 18.5. The van der Waals surface area contributed by atoms with Crippen LogP contribution in [0.3, 0.4) is 0 Å². The second kappa shape index (κ2) is 9.90. The van der Waals surface area contributed by atoms with Crippen molar-refractivity contribution in [3.05, 3.63) is 4.73 Å². The third-order valence-electron chi connectivity index (χ3n) is 3.76. The highest BCUT2D eigenvalue weighted by molar-refractivity contribution is 9.10. The molecular formula is C18H29BrN6O3. The van der Waals surface area contributed by atoms with Gasteiger partial charge in [0.25, 0.3) is 0 Å². The number of hydrogen-bond acceptors (Lipinski definition) is 7. The smallest absolute Gasteiger partial charge is 0.407 e. The predicted octanol–water partition coefficient (Wildman–Crippen LogP) is 3.65. The van der Waals surface area contributed by atoms with E-state index in [1.165, 1.54) is 0 Å². The molecule has 2 heterocycles. The maximum absolute atomic E-state index is 11.7. The molecular weight excluding hydrogens is 428 g/mol. The molecule has 0 aliphatic rings. The summed E-state index contributed by atoms with van der Waals surface area (Å²) in [6.45, 7) is 9.34. The predicted molar refractivity (Wildman–Crippen MR) is 111 cm³/mol. The van der Waals surface area contributed by atoms with E-state index in [2.05, 4.69) is 43.1 Å². The molecule has 156 valence electrons. The zero-order valence-electron chi connectivity index (χ0n) is 16.9. The average molecular weight is 457 g/mol. The first kappa shape index (κ1) is 22.2. The van der Waals surface area contributed by atoms with E-state index in [1.54, 1.807) is 0 Å². The molecule has 10 heteroatoms. The fraction of sp³-hybridized carbons (Fsp3) is 0.667. The number of nitrogen functional groups attached to an aromatic ring is 1. The van der Waals surface area contributed by atoms with Crippen LogP contribution < -0.4 is 15.8 Å². The first-order valence-corrected chi connectivity index (χ1v) is 10.3. The van der Waals surface area contributed by atoms with Gasteiger partial charge in [0.2, 0.25) is 0 Å². The van der Waals surface area contributed by atoms with Crippen molar-refractivity contribution in [1.29, 1.82) is 0 Å². The Hall–Kier alpha value is -2.10. The summed E-state index contributed by atoms with van der Waals surface area (Å²) < 4.78 is 13.4. The highest BCUT2D eigenvalue weighted by Crippen LogP contribution is 2.25. The van der Waals surface area contributed by atoms with Gasteiger partial charge in [0, 0.05) is 13.1 Å². The average Bonchev–Trinajstić information content (AvgIpc) is 2.90. The number of nitrogens with two attached hydrogens (primary N) is 1. The summed E-state index contributed by atoms with van der Waals surface area (Å²) in [5, 5.41) is 2.75. The van der Waals surface area contributed by atoms with Gasteiger partial charge >= 0.3 is 12.1 Å². The second-order valence-corrected chi connectivity index (χ2v) is 8.14. The summed E-state index contributed by atoms with van der Waals surface area (Å²) in [7, 11) is 0. The van der Waals surface area contributed by atoms with Crippen molar-refractivity contribution < 1.29 is 14.3 Å². The van der Waals surface area contributed by atoms with E-state index in [0.717, 1.165) is 25.7 Å². The number of halogens is 1. The quantitative estimate of drug-likeness (QED) is 0.436. The molecule has 0 bridgehead atoms. The lowest BCUT2D eigenvalue weighted by Gasteiger charge is -2.19. The normalized spacial score (nSPS) is 11.6. The van der Waals surface area contributed by atoms with Gasteiger partial charge in [0.15, 0.2) is 21.7 Å². The van der Waals surface area contributed by atoms with Crippen molar-refractivity contribution in [2.75, 3.05) is 18.9 Å². The molecule has 0 aromatic carbocycles. The van der Waals surface area contributed by atoms with Gasteiger partial charge in [-0.3, -0.25) is 0 Å². The van der Waals surface area contributed by atoms with Gasteiger partial charge in [-0.15, -0.1) is 0 Å². The number of fused-ring (bicyclic) bond motifs is 1. The number of carbonyl (C=O) groups excluding carboxylic acids is 1. The van der Waals surface area contributed by atoms with Crippen molar-refractivity contribution in [2.24, 2.45) is 0 Å². The topological polar surface area (TPSA) is 117 Å². The van der Waals surface area contributed by atoms with Crippen LogP contribution in [0.2, 0.25) is 0 Å². The number of amides is 1. The largest absolute Gasteiger partial charge is 0.463 e. The molecule has 0 aliphatic heterocycles. The van der Waals surface area contributed by atoms with Crippen molar-refractivity contribution >= 4 is 39.0 Å². The van der Waals surface area contributed by atoms with Crippen molar-refractivity contribution in [3.8, 4) is 6.01 Å². The van der Waals surface area contributed by atoms with Crippen LogP contribution in [0.4, 0.5) is 10.6 Å². The second-order valence-electron chi connectivity index (χ2n) is 7.43. The van der Waals surface area contributed by atoms with Crippen LogP contribution in [0.15, 0.2) is 4.73 Å². The standard InChI is InChI=1S/C18H29BrN6O3/c1-5-6-11-27-16-23-13(20)12-14(24-16)25(15(19)22-12)10-8-7-9-21-17(26)28-18(2,3)4/h5-11H2,1-4H3,(H,21,26)(H2,20,23,24). The van der Waals surface area contributed by atoms with Crippen LogP contribution in [0.25, 0.3) is 11.2 Å². The van der Waals surface area contributed by atoms with Gasteiger partial charge in [-0.1, -0.05) is 13.3 Å². The number of aromatic nitrogens is 4. The summed E-state index contributed by atoms with van der Waals surface area (Å²) in [5.74, 6) is 0.294. The Balaban J connectivity index is 1.94. The maximum Gasteiger partial charge on any atom is 0.407 e. The van der Waals surface area contributed by atoms with E-state index in [9.17, 15) is 4.79 Å². The fourth-order valence-electron chi connectivity index (χ4n) is 2.44. The summed E-state index contributed by atoms with van der Waals surface area (Å²) in [6, 6.07) is 0.263. The molecule has 0 spiro atoms. The molecule has 1 amide bonds. The number of nitrogens with zero attached hydrogens (tertiary/aromatic N) is 4. The Morgan fingerprint density at radius 2 is 1.96 bits per heavy atom. The monoisotopic (exact) mass is 456 g/mol. The van der Waals surface area contributed by atoms with Crippen LogP contribution in [0.1, 0.15) is 53.4 Å². The number of aryl methyl sites for hydroxylation is 1. The lowest BCUT2D eigenvalue weighted by Crippen LogP contribution is -2.33. The minimum atomic E-state index is -0.499. The van der Waals surface area contributed by atoms with Crippen molar-refractivity contribution in [3.63, 3.8) is 0 Å². The van der Waals surface area contributed by atoms with Gasteiger partial charge in [0.05, 0.1) is 6.61 Å². The van der Waals surface area contributed by atoms with Gasteiger partial charge in [-0.05, 0) is 56.0 Å². The number of ether oxygens (including phenoxy) is 2. The number of hydrogen-bond donors (Lipinski definition) is 2. The maximum atomic E-state index is 11.7. The highest BCUT2D eigenvalue weighted by atomic mass is 79.9. The van der Waals surface area contributed by atoms with E-state index in [1.807, 2.05) is 25.3 Å². The molecule has 0 atom stereocenters. The molecule has 28 heavy (non-hydrogen) atoms. The molecule has 0 saturated heterocycles. The van der Waals surface area contributed by atoms with E-state index >= 15 is 0 Å². The Labute approximate surface area is 173 Å². The van der Waals surface area contributed by atoms with E-state index < -0.39 is 11.7 Å². The number of carbonyl (C=O) groups is 1. The SMILES string of the molecule is CCCCOc1nc(N)c2nc(Br)n(CCCCNC(=O)OC(C)(C)C)c2n1. The molecule has 0 unspecified atom stereocenters. The van der Waals surface area contributed by atoms with Crippen LogP contribution in [-0.4, -0.2) is 44.4 Å². The van der Waals surface area contributed by atoms with E-state index in [4.69, 9.17) is 15.2 Å². The third kappa shape index (κ3) is 6.50. The number of imidazole rings is 1. The minimum Gasteiger partial charge on any atom is -0.463 e. The van der Waals surface area contributed by atoms with Crippen LogP contribution in [0, 0.1) is 0 Å². The molecule has 0 saturated carbocycles. The van der Waals surface area contributed by atoms with Gasteiger partial charge < -0.3 is 25.1 Å². The highest BCUT2D eigenvalue weighted by Gasteiger charge is 2.17. The molecule has 0 radical (unpaired) electrons. The summed E-state index contributed by atoms with van der Waals surface area (Å²) in [5.41, 5.74) is 6.69. The summed E-state index contributed by atoms with van der Waals surface area (Å²) in [6.07, 6.45) is 3.14. The lowest BCUT2D eigenvalue weighted by atomic mass is 10.2. The molecule has 0 fully saturated rings. The Kier molecular flexibility index (Phi) is 7.85. The first-order valence-electron chi connectivity index (χ1n) is 9.50. The van der Waals surface area contributed by atoms with Crippen LogP contribution >= 0.6 is 15.9 Å². The molecule has 0 aliphatic carbocycles. The fourth-order valence-corrected chi connectivity index (χ4v) is 2.97. The van der Waals surface area contributed by atoms with Gasteiger partial charge in [0.1, 0.15) is 5.60 Å². The number of alkyl carbamates (subject to hydrolysis) is 1. The zero-order chi connectivity index (χ0) is 20.7. The van der Waals surface area contributed by atoms with Crippen LogP contribution in [-0.2, 0) is 11.3 Å². The lowest BCUT2D eigenvalue weighted by molar-refractivity contribution is 0.0527. The number of unbranched alkanes of at least 4 members (excludes halogenated alkanes) is 2. The first-order chi connectivity index (χ1) is 13.2. The van der Waals surface area contributed by atoms with Gasteiger partial charge in [-0.2, -0.15) is 9.97 Å². The minimum absolute atomic E-state index is 0.263. The van der Waals surface area contributed by atoms with Crippen molar-refractivity contribution in [2.45, 2.75) is 65.5 Å². The summed E-state index contributed by atoms with van der Waals surface area (Å²) in [4.78, 5) is 24.7. The number of anilines is 1. The Morgan fingerprint density at radius 3 is 2.64 bits per heavy atom. The molecule has 9 nitrogen and oxygen atoms in total. The van der Waals surface area contributed by atoms with Crippen LogP contribution in [0.5, 0.6) is 6.01 Å². The molecule has 2 aromatic heterocycles. The third-order valence-corrected chi connectivity index (χ3v) is 4.37. The molecule has 3 N–H and O–H groups in total. The number of nitrogens with one attached hydrogen (secondary N) is 1. The molecule has 2 aromatic rings. The Morgan fingerprint density at radius 1 is 1.21 bits per heavy atom. The van der Waals surface area contributed by atoms with Crippen molar-refractivity contribution in [1.82, 2.24) is 24.8 Å². The number of rotatable bonds is 9.